The molecule has 0 aliphatic carbocycles. The number of aryl methyl sites for hydroxylation is 1. The quantitative estimate of drug-likeness (QED) is 0.756. The third-order valence-corrected chi connectivity index (χ3v) is 4.88. The van der Waals surface area contributed by atoms with Gasteiger partial charge in [0.25, 0.3) is 0 Å². The predicted molar refractivity (Wildman–Crippen MR) is 88.3 cm³/mol. The fraction of sp³-hybridized carbons (Fsp3) is 0.250. The Hall–Kier alpha value is -0.910. The van der Waals surface area contributed by atoms with E-state index in [1.807, 2.05) is 19.9 Å². The van der Waals surface area contributed by atoms with E-state index in [9.17, 15) is 9.50 Å². The third kappa shape index (κ3) is 3.15. The first-order valence-corrected chi connectivity index (χ1v) is 7.92. The minimum absolute atomic E-state index is 0.322. The molecule has 1 atom stereocenters. The van der Waals surface area contributed by atoms with Crippen LogP contribution in [0.1, 0.15) is 28.4 Å². The van der Waals surface area contributed by atoms with Gasteiger partial charge >= 0.3 is 0 Å². The average molecular weight is 418 g/mol. The number of benzene rings is 2. The van der Waals surface area contributed by atoms with Gasteiger partial charge in [-0.15, -0.1) is 0 Å². The van der Waals surface area contributed by atoms with Gasteiger partial charge in [0.2, 0.25) is 0 Å². The van der Waals surface area contributed by atoms with Crippen molar-refractivity contribution < 1.29 is 14.2 Å². The van der Waals surface area contributed by atoms with Crippen LogP contribution in [0, 0.1) is 19.7 Å². The Labute approximate surface area is 140 Å². The Bertz CT molecular complexity index is 686. The summed E-state index contributed by atoms with van der Waals surface area (Å²) in [6, 6.07) is 6.43. The first-order chi connectivity index (χ1) is 9.86. The van der Waals surface area contributed by atoms with Crippen molar-refractivity contribution in [3.63, 3.8) is 0 Å². The van der Waals surface area contributed by atoms with E-state index in [2.05, 4.69) is 31.9 Å². The summed E-state index contributed by atoms with van der Waals surface area (Å²) in [5, 5.41) is 10.7. The number of ether oxygens (including phenoxy) is 1. The summed E-state index contributed by atoms with van der Waals surface area (Å²) in [5.41, 5.74) is 3.10. The molecule has 1 unspecified atom stereocenters. The number of hydrogen-bond acceptors (Lipinski definition) is 2. The molecule has 0 heterocycles. The molecular formula is C16H15Br2FO2. The molecule has 0 aliphatic heterocycles. The van der Waals surface area contributed by atoms with Crippen molar-refractivity contribution in [3.8, 4) is 5.75 Å². The number of rotatable bonds is 3. The van der Waals surface area contributed by atoms with Crippen molar-refractivity contribution >= 4 is 31.9 Å². The second kappa shape index (κ2) is 6.46. The highest BCUT2D eigenvalue weighted by atomic mass is 79.9. The Kier molecular flexibility index (Phi) is 5.07. The summed E-state index contributed by atoms with van der Waals surface area (Å²) in [5.74, 6) is 0.281. The summed E-state index contributed by atoms with van der Waals surface area (Å²) in [6.45, 7) is 3.82. The fourth-order valence-corrected chi connectivity index (χ4v) is 3.28. The van der Waals surface area contributed by atoms with Crippen molar-refractivity contribution in [2.75, 3.05) is 7.11 Å². The number of aliphatic hydroxyl groups is 1. The third-order valence-electron chi connectivity index (χ3n) is 3.45. The highest BCUT2D eigenvalue weighted by molar-refractivity contribution is 9.10. The maximum absolute atomic E-state index is 13.4. The molecule has 0 aliphatic rings. The molecule has 2 nitrogen and oxygen atoms in total. The maximum atomic E-state index is 13.4. The summed E-state index contributed by atoms with van der Waals surface area (Å²) in [6.07, 6.45) is -0.895. The summed E-state index contributed by atoms with van der Waals surface area (Å²) < 4.78 is 20.0. The van der Waals surface area contributed by atoms with Gasteiger partial charge in [0.05, 0.1) is 11.6 Å². The first-order valence-electron chi connectivity index (χ1n) is 6.33. The van der Waals surface area contributed by atoms with Crippen LogP contribution in [0.3, 0.4) is 0 Å². The van der Waals surface area contributed by atoms with Crippen molar-refractivity contribution in [1.29, 1.82) is 0 Å². The normalized spacial score (nSPS) is 12.3. The molecule has 21 heavy (non-hydrogen) atoms. The largest absolute Gasteiger partial charge is 0.496 e. The van der Waals surface area contributed by atoms with Crippen molar-refractivity contribution in [3.05, 3.63) is 61.3 Å². The topological polar surface area (TPSA) is 29.5 Å². The Morgan fingerprint density at radius 1 is 1.14 bits per heavy atom. The van der Waals surface area contributed by atoms with Gasteiger partial charge in [-0.05, 0) is 64.7 Å². The molecule has 1 N–H and O–H groups in total. The zero-order valence-corrected chi connectivity index (χ0v) is 15.0. The zero-order chi connectivity index (χ0) is 15.7. The predicted octanol–water partition coefficient (Wildman–Crippen LogP) is 5.06. The lowest BCUT2D eigenvalue weighted by atomic mass is 9.94. The van der Waals surface area contributed by atoms with Gasteiger partial charge in [-0.3, -0.25) is 0 Å². The molecule has 5 heteroatoms. The molecule has 0 radical (unpaired) electrons. The van der Waals surface area contributed by atoms with E-state index >= 15 is 0 Å². The van der Waals surface area contributed by atoms with Gasteiger partial charge in [-0.1, -0.05) is 22.0 Å². The molecular weight excluding hydrogens is 403 g/mol. The Morgan fingerprint density at radius 2 is 1.81 bits per heavy atom. The summed E-state index contributed by atoms with van der Waals surface area (Å²) in [4.78, 5) is 0. The SMILES string of the molecule is COc1c(C)cc(Br)c(C)c1C(O)c1ccc(F)c(Br)c1. The lowest BCUT2D eigenvalue weighted by molar-refractivity contribution is 0.213. The van der Waals surface area contributed by atoms with Crippen LogP contribution in [-0.4, -0.2) is 12.2 Å². The Balaban J connectivity index is 2.62. The van der Waals surface area contributed by atoms with Crippen LogP contribution in [0.15, 0.2) is 33.2 Å². The number of methoxy groups -OCH3 is 1. The molecule has 0 aromatic heterocycles. The van der Waals surface area contributed by atoms with Gasteiger partial charge in [-0.25, -0.2) is 4.39 Å². The molecule has 0 bridgehead atoms. The van der Waals surface area contributed by atoms with Crippen LogP contribution < -0.4 is 4.74 Å². The van der Waals surface area contributed by atoms with Gasteiger partial charge in [0, 0.05) is 10.0 Å². The minimum Gasteiger partial charge on any atom is -0.496 e. The van der Waals surface area contributed by atoms with Crippen molar-refractivity contribution in [1.82, 2.24) is 0 Å². The maximum Gasteiger partial charge on any atom is 0.137 e. The van der Waals surface area contributed by atoms with Crippen LogP contribution >= 0.6 is 31.9 Å². The zero-order valence-electron chi connectivity index (χ0n) is 11.9. The Morgan fingerprint density at radius 3 is 2.38 bits per heavy atom. The highest BCUT2D eigenvalue weighted by Gasteiger charge is 2.22. The van der Waals surface area contributed by atoms with E-state index in [-0.39, 0.29) is 5.82 Å². The van der Waals surface area contributed by atoms with Gasteiger partial charge in [-0.2, -0.15) is 0 Å². The van der Waals surface area contributed by atoms with Gasteiger partial charge < -0.3 is 9.84 Å². The lowest BCUT2D eigenvalue weighted by Gasteiger charge is -2.21. The summed E-state index contributed by atoms with van der Waals surface area (Å²) >= 11 is 6.63. The van der Waals surface area contributed by atoms with Crippen LogP contribution in [0.25, 0.3) is 0 Å². The molecule has 2 aromatic carbocycles. The van der Waals surface area contributed by atoms with Crippen molar-refractivity contribution in [2.45, 2.75) is 20.0 Å². The van der Waals surface area contributed by atoms with Gasteiger partial charge in [0.15, 0.2) is 0 Å². The van der Waals surface area contributed by atoms with E-state index < -0.39 is 6.10 Å². The monoisotopic (exact) mass is 416 g/mol. The highest BCUT2D eigenvalue weighted by Crippen LogP contribution is 2.39. The van der Waals surface area contributed by atoms with Crippen LogP contribution in [0.2, 0.25) is 0 Å². The molecule has 0 fully saturated rings. The minimum atomic E-state index is -0.895. The lowest BCUT2D eigenvalue weighted by Crippen LogP contribution is -2.07. The second-order valence-electron chi connectivity index (χ2n) is 4.82. The van der Waals surface area contributed by atoms with Crippen LogP contribution in [0.5, 0.6) is 5.75 Å². The van der Waals surface area contributed by atoms with E-state index in [1.54, 1.807) is 19.2 Å². The number of hydrogen-bond donors (Lipinski definition) is 1. The average Bonchev–Trinajstić information content (AvgIpc) is 2.44. The van der Waals surface area contributed by atoms with Crippen molar-refractivity contribution in [2.24, 2.45) is 0 Å². The fourth-order valence-electron chi connectivity index (χ4n) is 2.32. The molecule has 0 spiro atoms. The number of halogens is 3. The van der Waals surface area contributed by atoms with E-state index in [1.165, 1.54) is 6.07 Å². The van der Waals surface area contributed by atoms with E-state index in [0.717, 1.165) is 15.6 Å². The molecule has 2 rings (SSSR count). The standard InChI is InChI=1S/C16H15Br2FO2/c1-8-6-11(17)9(2)14(16(8)21-3)15(20)10-4-5-13(19)12(18)7-10/h4-7,15,20H,1-3H3. The first kappa shape index (κ1) is 16.5. The number of aliphatic hydroxyl groups excluding tert-OH is 1. The van der Waals surface area contributed by atoms with E-state index in [4.69, 9.17) is 4.74 Å². The van der Waals surface area contributed by atoms with Crippen LogP contribution in [-0.2, 0) is 0 Å². The second-order valence-corrected chi connectivity index (χ2v) is 6.53. The molecule has 0 saturated carbocycles. The molecule has 0 amide bonds. The summed E-state index contributed by atoms with van der Waals surface area (Å²) in [7, 11) is 1.58. The van der Waals surface area contributed by atoms with Gasteiger partial charge in [0.1, 0.15) is 17.7 Å². The smallest absolute Gasteiger partial charge is 0.137 e. The van der Waals surface area contributed by atoms with Crippen LogP contribution in [0.4, 0.5) is 4.39 Å². The van der Waals surface area contributed by atoms with E-state index in [0.29, 0.717) is 21.3 Å². The molecule has 112 valence electrons. The molecule has 2 aromatic rings. The molecule has 0 saturated heterocycles.